The molecule has 1 aromatic rings. The second-order valence-electron chi connectivity index (χ2n) is 5.76. The van der Waals surface area contributed by atoms with E-state index in [2.05, 4.69) is 15.9 Å². The van der Waals surface area contributed by atoms with Crippen LogP contribution in [0, 0.1) is 6.92 Å². The van der Waals surface area contributed by atoms with Crippen molar-refractivity contribution in [3.05, 3.63) is 22.2 Å². The van der Waals surface area contributed by atoms with Crippen LogP contribution in [0.5, 0.6) is 5.75 Å². The maximum absolute atomic E-state index is 6.18. The molecular formula is C15H20BrNO2. The summed E-state index contributed by atoms with van der Waals surface area (Å²) in [5, 5.41) is 0. The average Bonchev–Trinajstić information content (AvgIpc) is 2.32. The fourth-order valence-electron chi connectivity index (χ4n) is 3.09. The number of hydrogen-bond acceptors (Lipinski definition) is 3. The molecule has 19 heavy (non-hydrogen) atoms. The van der Waals surface area contributed by atoms with E-state index >= 15 is 0 Å². The molecule has 3 nitrogen and oxygen atoms in total. The lowest BCUT2D eigenvalue weighted by Gasteiger charge is -2.47. The molecule has 0 aromatic heterocycles. The van der Waals surface area contributed by atoms with E-state index in [4.69, 9.17) is 15.2 Å². The highest BCUT2D eigenvalue weighted by Crippen LogP contribution is 2.43. The number of aryl methyl sites for hydroxylation is 1. The van der Waals surface area contributed by atoms with Crippen LogP contribution in [0.1, 0.15) is 37.7 Å². The minimum absolute atomic E-state index is 0.112. The Labute approximate surface area is 122 Å². The molecule has 1 unspecified atom stereocenters. The average molecular weight is 326 g/mol. The van der Waals surface area contributed by atoms with Crippen molar-refractivity contribution in [1.82, 2.24) is 0 Å². The van der Waals surface area contributed by atoms with Crippen LogP contribution in [0.4, 0.5) is 5.69 Å². The Bertz CT molecular complexity index is 462. The number of nitrogen functional groups attached to an aromatic ring is 1. The van der Waals surface area contributed by atoms with Gasteiger partial charge < -0.3 is 15.2 Å². The fourth-order valence-corrected chi connectivity index (χ4v) is 3.68. The molecule has 1 aliphatic heterocycles. The van der Waals surface area contributed by atoms with Gasteiger partial charge in [-0.05, 0) is 43.9 Å². The van der Waals surface area contributed by atoms with E-state index in [1.165, 1.54) is 19.3 Å². The zero-order valence-corrected chi connectivity index (χ0v) is 12.8. The van der Waals surface area contributed by atoms with E-state index in [1.54, 1.807) is 0 Å². The van der Waals surface area contributed by atoms with Crippen molar-refractivity contribution < 1.29 is 9.47 Å². The van der Waals surface area contributed by atoms with Crippen molar-refractivity contribution in [2.45, 2.75) is 50.7 Å². The lowest BCUT2D eigenvalue weighted by atomic mass is 9.74. The van der Waals surface area contributed by atoms with E-state index < -0.39 is 0 Å². The van der Waals surface area contributed by atoms with Gasteiger partial charge in [-0.25, -0.2) is 0 Å². The Balaban J connectivity index is 1.74. The van der Waals surface area contributed by atoms with Crippen molar-refractivity contribution in [3.8, 4) is 5.75 Å². The first kappa shape index (κ1) is 13.3. The van der Waals surface area contributed by atoms with E-state index in [-0.39, 0.29) is 11.7 Å². The van der Waals surface area contributed by atoms with Gasteiger partial charge in [0.2, 0.25) is 0 Å². The van der Waals surface area contributed by atoms with Crippen molar-refractivity contribution in [2.75, 3.05) is 12.3 Å². The van der Waals surface area contributed by atoms with Crippen LogP contribution in [-0.2, 0) is 4.74 Å². The summed E-state index contributed by atoms with van der Waals surface area (Å²) in [4.78, 5) is 0. The number of nitrogens with two attached hydrogens (primary N) is 1. The van der Waals surface area contributed by atoms with Gasteiger partial charge in [-0.1, -0.05) is 15.9 Å². The topological polar surface area (TPSA) is 44.5 Å². The zero-order valence-electron chi connectivity index (χ0n) is 11.2. The summed E-state index contributed by atoms with van der Waals surface area (Å²) in [5.74, 6) is 0.838. The van der Waals surface area contributed by atoms with Crippen LogP contribution in [0.25, 0.3) is 0 Å². The van der Waals surface area contributed by atoms with Crippen LogP contribution in [-0.4, -0.2) is 18.3 Å². The highest BCUT2D eigenvalue weighted by Gasteiger charge is 2.43. The number of hydrogen-bond donors (Lipinski definition) is 1. The molecule has 1 spiro atoms. The molecule has 1 aliphatic carbocycles. The Morgan fingerprint density at radius 1 is 1.42 bits per heavy atom. The van der Waals surface area contributed by atoms with Gasteiger partial charge in [-0.2, -0.15) is 0 Å². The van der Waals surface area contributed by atoms with Gasteiger partial charge >= 0.3 is 0 Å². The summed E-state index contributed by atoms with van der Waals surface area (Å²) in [6.07, 6.45) is 5.84. The number of anilines is 1. The first-order chi connectivity index (χ1) is 9.08. The third kappa shape index (κ3) is 2.61. The minimum atomic E-state index is 0.112. The second-order valence-corrected chi connectivity index (χ2v) is 6.67. The molecule has 104 valence electrons. The third-order valence-corrected chi connectivity index (χ3v) is 4.72. The highest BCUT2D eigenvalue weighted by molar-refractivity contribution is 9.10. The van der Waals surface area contributed by atoms with E-state index in [1.807, 2.05) is 19.1 Å². The van der Waals surface area contributed by atoms with Gasteiger partial charge in [0.1, 0.15) is 11.9 Å². The Kier molecular flexibility index (Phi) is 3.48. The molecule has 1 atom stereocenters. The summed E-state index contributed by atoms with van der Waals surface area (Å²) >= 11 is 3.46. The summed E-state index contributed by atoms with van der Waals surface area (Å²) in [6, 6.07) is 3.95. The van der Waals surface area contributed by atoms with Gasteiger partial charge in [0.25, 0.3) is 0 Å². The largest absolute Gasteiger partial charge is 0.488 e. The van der Waals surface area contributed by atoms with Crippen LogP contribution in [0.3, 0.4) is 0 Å². The number of ether oxygens (including phenoxy) is 2. The summed E-state index contributed by atoms with van der Waals surface area (Å²) < 4.78 is 13.1. The van der Waals surface area contributed by atoms with Gasteiger partial charge in [0, 0.05) is 17.3 Å². The lowest BCUT2D eigenvalue weighted by molar-refractivity contribution is -0.153. The predicted octanol–water partition coefficient (Wildman–Crippen LogP) is 3.82. The normalized spacial score (nSPS) is 25.1. The Morgan fingerprint density at radius 2 is 2.21 bits per heavy atom. The fraction of sp³-hybridized carbons (Fsp3) is 0.600. The molecule has 1 saturated carbocycles. The third-order valence-electron chi connectivity index (χ3n) is 4.27. The Hall–Kier alpha value is -0.740. The van der Waals surface area contributed by atoms with E-state index in [0.29, 0.717) is 5.69 Å². The van der Waals surface area contributed by atoms with Gasteiger partial charge in [-0.15, -0.1) is 0 Å². The van der Waals surface area contributed by atoms with Gasteiger partial charge in [0.05, 0.1) is 17.9 Å². The van der Waals surface area contributed by atoms with Crippen molar-refractivity contribution in [1.29, 1.82) is 0 Å². The first-order valence-electron chi connectivity index (χ1n) is 6.94. The maximum Gasteiger partial charge on any atom is 0.145 e. The number of benzene rings is 1. The van der Waals surface area contributed by atoms with Crippen LogP contribution in [0.2, 0.25) is 0 Å². The van der Waals surface area contributed by atoms with Crippen LogP contribution >= 0.6 is 15.9 Å². The maximum atomic E-state index is 6.18. The molecule has 4 heteroatoms. The quantitative estimate of drug-likeness (QED) is 0.840. The molecule has 0 bridgehead atoms. The molecule has 3 rings (SSSR count). The minimum Gasteiger partial charge on any atom is -0.488 e. The smallest absolute Gasteiger partial charge is 0.145 e. The molecule has 0 amide bonds. The monoisotopic (exact) mass is 325 g/mol. The molecule has 1 heterocycles. The molecule has 0 radical (unpaired) electrons. The molecule has 2 aliphatic rings. The number of rotatable bonds is 2. The van der Waals surface area contributed by atoms with Gasteiger partial charge in [-0.3, -0.25) is 0 Å². The molecule has 1 saturated heterocycles. The van der Waals surface area contributed by atoms with Crippen LogP contribution < -0.4 is 10.5 Å². The SMILES string of the molecule is Cc1cc(Br)cc(N)c1OC1CCOC2(CCC2)C1. The van der Waals surface area contributed by atoms with E-state index in [9.17, 15) is 0 Å². The first-order valence-corrected chi connectivity index (χ1v) is 7.74. The molecule has 2 N–H and O–H groups in total. The van der Waals surface area contributed by atoms with Crippen molar-refractivity contribution in [2.24, 2.45) is 0 Å². The van der Waals surface area contributed by atoms with Crippen molar-refractivity contribution >= 4 is 21.6 Å². The zero-order chi connectivity index (χ0) is 13.5. The number of halogens is 1. The summed E-state index contributed by atoms with van der Waals surface area (Å²) in [7, 11) is 0. The standard InChI is InChI=1S/C15H20BrNO2/c1-10-7-11(16)8-13(17)14(10)19-12-3-6-18-15(9-12)4-2-5-15/h7-8,12H,2-6,9,17H2,1H3. The summed E-state index contributed by atoms with van der Waals surface area (Å²) in [6.45, 7) is 2.84. The van der Waals surface area contributed by atoms with Gasteiger partial charge in [0.15, 0.2) is 0 Å². The highest BCUT2D eigenvalue weighted by atomic mass is 79.9. The Morgan fingerprint density at radius 3 is 2.84 bits per heavy atom. The summed E-state index contributed by atoms with van der Waals surface area (Å²) in [5.41, 5.74) is 7.97. The molecule has 1 aromatic carbocycles. The second kappa shape index (κ2) is 4.98. The van der Waals surface area contributed by atoms with E-state index in [0.717, 1.165) is 35.2 Å². The van der Waals surface area contributed by atoms with Crippen LogP contribution in [0.15, 0.2) is 16.6 Å². The van der Waals surface area contributed by atoms with Crippen molar-refractivity contribution in [3.63, 3.8) is 0 Å². The lowest BCUT2D eigenvalue weighted by Crippen LogP contribution is -2.48. The molecule has 2 fully saturated rings. The predicted molar refractivity (Wildman–Crippen MR) is 79.5 cm³/mol. The molecular weight excluding hydrogens is 306 g/mol.